The van der Waals surface area contributed by atoms with Crippen molar-refractivity contribution in [2.45, 2.75) is 26.8 Å². The highest BCUT2D eigenvalue weighted by atomic mass is 35.5. The number of carbonyl (C=O) groups is 1. The Morgan fingerprint density at radius 2 is 1.76 bits per heavy atom. The minimum atomic E-state index is -0.412. The first-order valence-electron chi connectivity index (χ1n) is 9.49. The lowest BCUT2D eigenvalue weighted by Gasteiger charge is -2.39. The fourth-order valence-electron chi connectivity index (χ4n) is 3.53. The van der Waals surface area contributed by atoms with Crippen molar-refractivity contribution in [3.05, 3.63) is 75.4 Å². The first-order chi connectivity index (χ1) is 13.9. The Bertz CT molecular complexity index is 958. The number of hydrogen-bond donors (Lipinski definition) is 1. The number of para-hydroxylation sites is 1. The molecule has 1 N–H and O–H groups in total. The number of anilines is 1. The van der Waals surface area contributed by atoms with Gasteiger partial charge in [0.05, 0.1) is 21.7 Å². The summed E-state index contributed by atoms with van der Waals surface area (Å²) in [6, 6.07) is 14.8. The Balaban J connectivity index is 2.17. The van der Waals surface area contributed by atoms with Crippen LogP contribution in [0.2, 0.25) is 10.0 Å². The van der Waals surface area contributed by atoms with Gasteiger partial charge in [-0.15, -0.1) is 0 Å². The number of nitrogens with zero attached hydrogens (tertiary/aromatic N) is 2. The SMILES string of the molecule is CCN(CC)C(=O)C1=C(C)N(c2ccccc2)C(=S)N[C@H]1c1ccc(Cl)c(Cl)c1. The molecule has 0 aliphatic carbocycles. The smallest absolute Gasteiger partial charge is 0.253 e. The molecular formula is C22H23Cl2N3OS. The van der Waals surface area contributed by atoms with Gasteiger partial charge < -0.3 is 10.2 Å². The Kier molecular flexibility index (Phi) is 6.83. The third-order valence-electron chi connectivity index (χ3n) is 5.06. The summed E-state index contributed by atoms with van der Waals surface area (Å²) in [4.78, 5) is 17.2. The zero-order valence-corrected chi connectivity index (χ0v) is 18.9. The zero-order valence-electron chi connectivity index (χ0n) is 16.6. The zero-order chi connectivity index (χ0) is 21.1. The van der Waals surface area contributed by atoms with E-state index in [9.17, 15) is 4.79 Å². The van der Waals surface area contributed by atoms with Gasteiger partial charge in [-0.3, -0.25) is 9.69 Å². The van der Waals surface area contributed by atoms with Crippen LogP contribution in [-0.2, 0) is 4.79 Å². The molecule has 2 aromatic rings. The lowest BCUT2D eigenvalue weighted by atomic mass is 9.93. The molecule has 152 valence electrons. The van der Waals surface area contributed by atoms with E-state index in [0.717, 1.165) is 16.9 Å². The first kappa shape index (κ1) is 21.6. The maximum Gasteiger partial charge on any atom is 0.253 e. The van der Waals surface area contributed by atoms with Crippen LogP contribution < -0.4 is 10.2 Å². The van der Waals surface area contributed by atoms with Gasteiger partial charge in [0.2, 0.25) is 0 Å². The molecule has 0 saturated carbocycles. The second-order valence-electron chi connectivity index (χ2n) is 6.70. The van der Waals surface area contributed by atoms with Gasteiger partial charge in [-0.2, -0.15) is 0 Å². The molecule has 3 rings (SSSR count). The Morgan fingerprint density at radius 3 is 2.34 bits per heavy atom. The van der Waals surface area contributed by atoms with Crippen LogP contribution in [0.5, 0.6) is 0 Å². The number of likely N-dealkylation sites (N-methyl/N-ethyl adjacent to an activating group) is 1. The molecule has 1 atom stereocenters. The molecule has 1 aliphatic rings. The van der Waals surface area contributed by atoms with Crippen molar-refractivity contribution in [3.8, 4) is 0 Å². The van der Waals surface area contributed by atoms with Crippen molar-refractivity contribution >= 4 is 52.1 Å². The van der Waals surface area contributed by atoms with Crippen molar-refractivity contribution in [3.63, 3.8) is 0 Å². The maximum atomic E-state index is 13.5. The van der Waals surface area contributed by atoms with Gasteiger partial charge >= 0.3 is 0 Å². The summed E-state index contributed by atoms with van der Waals surface area (Å²) in [6.45, 7) is 7.12. The van der Waals surface area contributed by atoms with Crippen LogP contribution in [0.1, 0.15) is 32.4 Å². The van der Waals surface area contributed by atoms with Gasteiger partial charge in [0.15, 0.2) is 5.11 Å². The first-order valence-corrected chi connectivity index (χ1v) is 10.7. The van der Waals surface area contributed by atoms with Crippen molar-refractivity contribution in [2.75, 3.05) is 18.0 Å². The Labute approximate surface area is 187 Å². The molecule has 4 nitrogen and oxygen atoms in total. The lowest BCUT2D eigenvalue weighted by Crippen LogP contribution is -2.50. The summed E-state index contributed by atoms with van der Waals surface area (Å²) in [6.07, 6.45) is 0. The summed E-state index contributed by atoms with van der Waals surface area (Å²) in [5.41, 5.74) is 3.18. The van der Waals surface area contributed by atoms with E-state index in [4.69, 9.17) is 35.4 Å². The number of thiocarbonyl (C=S) groups is 1. The van der Waals surface area contributed by atoms with E-state index in [1.807, 2.05) is 67.0 Å². The average Bonchev–Trinajstić information content (AvgIpc) is 2.71. The summed E-state index contributed by atoms with van der Waals surface area (Å²) in [7, 11) is 0. The quantitative estimate of drug-likeness (QED) is 0.607. The van der Waals surface area contributed by atoms with Crippen LogP contribution in [0, 0.1) is 0 Å². The normalized spacial score (nSPS) is 16.7. The summed E-state index contributed by atoms with van der Waals surface area (Å²) in [5, 5.41) is 4.78. The fraction of sp³-hybridized carbons (Fsp3) is 0.273. The molecule has 7 heteroatoms. The molecule has 0 saturated heterocycles. The number of nitrogens with one attached hydrogen (secondary N) is 1. The standard InChI is InChI=1S/C22H23Cl2N3OS/c1-4-26(5-2)21(28)19-14(3)27(16-9-7-6-8-10-16)22(29)25-20(19)15-11-12-17(23)18(24)13-15/h6-13,20H,4-5H2,1-3H3,(H,25,29)/t20-/m0/s1. The monoisotopic (exact) mass is 447 g/mol. The average molecular weight is 448 g/mol. The molecule has 0 fully saturated rings. The van der Waals surface area contributed by atoms with Crippen LogP contribution in [-0.4, -0.2) is 29.0 Å². The summed E-state index contributed by atoms with van der Waals surface area (Å²) < 4.78 is 0. The van der Waals surface area contributed by atoms with Crippen LogP contribution in [0.3, 0.4) is 0 Å². The third kappa shape index (κ3) is 4.27. The molecule has 0 spiro atoms. The lowest BCUT2D eigenvalue weighted by molar-refractivity contribution is -0.127. The predicted molar refractivity (Wildman–Crippen MR) is 124 cm³/mol. The number of rotatable bonds is 5. The molecule has 0 radical (unpaired) electrons. The second kappa shape index (κ2) is 9.16. The van der Waals surface area contributed by atoms with Gasteiger partial charge in [-0.1, -0.05) is 47.5 Å². The topological polar surface area (TPSA) is 35.6 Å². The minimum Gasteiger partial charge on any atom is -0.351 e. The number of carbonyl (C=O) groups excluding carboxylic acids is 1. The van der Waals surface area contributed by atoms with Crippen molar-refractivity contribution in [2.24, 2.45) is 0 Å². The second-order valence-corrected chi connectivity index (χ2v) is 7.90. The molecule has 29 heavy (non-hydrogen) atoms. The number of halogens is 2. The Hall–Kier alpha value is -2.08. The minimum absolute atomic E-state index is 0.0282. The highest BCUT2D eigenvalue weighted by Gasteiger charge is 2.36. The molecule has 0 aromatic heterocycles. The van der Waals surface area contributed by atoms with Crippen molar-refractivity contribution in [1.29, 1.82) is 0 Å². The van der Waals surface area contributed by atoms with Crippen molar-refractivity contribution in [1.82, 2.24) is 10.2 Å². The molecular weight excluding hydrogens is 425 g/mol. The van der Waals surface area contributed by atoms with Gasteiger partial charge in [-0.25, -0.2) is 0 Å². The molecule has 1 amide bonds. The van der Waals surface area contributed by atoms with Crippen LogP contribution >= 0.6 is 35.4 Å². The van der Waals surface area contributed by atoms with E-state index in [-0.39, 0.29) is 5.91 Å². The number of hydrogen-bond acceptors (Lipinski definition) is 2. The van der Waals surface area contributed by atoms with Crippen LogP contribution in [0.15, 0.2) is 59.8 Å². The number of amides is 1. The van der Waals surface area contributed by atoms with E-state index in [0.29, 0.717) is 33.8 Å². The number of allylic oxidation sites excluding steroid dienone is 1. The van der Waals surface area contributed by atoms with Crippen LogP contribution in [0.4, 0.5) is 5.69 Å². The maximum absolute atomic E-state index is 13.5. The predicted octanol–water partition coefficient (Wildman–Crippen LogP) is 5.57. The largest absolute Gasteiger partial charge is 0.351 e. The number of benzene rings is 2. The Morgan fingerprint density at radius 1 is 1.10 bits per heavy atom. The van der Waals surface area contributed by atoms with Gasteiger partial charge in [0, 0.05) is 24.5 Å². The third-order valence-corrected chi connectivity index (χ3v) is 6.10. The molecule has 2 aromatic carbocycles. The summed E-state index contributed by atoms with van der Waals surface area (Å²) in [5.74, 6) is -0.0282. The van der Waals surface area contributed by atoms with Gasteiger partial charge in [0.1, 0.15) is 0 Å². The fourth-order valence-corrected chi connectivity index (χ4v) is 4.20. The molecule has 1 aliphatic heterocycles. The van der Waals surface area contributed by atoms with Gasteiger partial charge in [0.25, 0.3) is 5.91 Å². The highest BCUT2D eigenvalue weighted by Crippen LogP contribution is 2.36. The van der Waals surface area contributed by atoms with E-state index in [1.165, 1.54) is 0 Å². The van der Waals surface area contributed by atoms with E-state index in [1.54, 1.807) is 12.1 Å². The molecule has 0 bridgehead atoms. The van der Waals surface area contributed by atoms with Crippen molar-refractivity contribution < 1.29 is 4.79 Å². The summed E-state index contributed by atoms with van der Waals surface area (Å²) >= 11 is 18.0. The molecule has 1 heterocycles. The highest BCUT2D eigenvalue weighted by molar-refractivity contribution is 7.80. The van der Waals surface area contributed by atoms with E-state index in [2.05, 4.69) is 5.32 Å². The van der Waals surface area contributed by atoms with Crippen LogP contribution in [0.25, 0.3) is 0 Å². The van der Waals surface area contributed by atoms with E-state index < -0.39 is 6.04 Å². The van der Waals surface area contributed by atoms with E-state index >= 15 is 0 Å². The molecule has 0 unspecified atom stereocenters. The van der Waals surface area contributed by atoms with Gasteiger partial charge in [-0.05, 0) is 62.8 Å².